The molecule has 0 atom stereocenters. The molecule has 1 heterocycles. The third-order valence-electron chi connectivity index (χ3n) is 1.70. The highest BCUT2D eigenvalue weighted by molar-refractivity contribution is 9.10. The fourth-order valence-corrected chi connectivity index (χ4v) is 1.69. The van der Waals surface area contributed by atoms with Crippen LogP contribution in [0.4, 0.5) is 5.82 Å². The van der Waals surface area contributed by atoms with E-state index in [1.807, 2.05) is 17.8 Å². The zero-order chi connectivity index (χ0) is 10.0. The monoisotopic (exact) mass is 263 g/mol. The standard InChI is InChI=1S/C8H11BrClN3/c1-13-4-7(9)6(8(13)12)2-5(11)3-10/h2,4H,3,11-12H2,1H3/b5-2-. The van der Waals surface area contributed by atoms with Gasteiger partial charge < -0.3 is 16.0 Å². The van der Waals surface area contributed by atoms with Gasteiger partial charge in [-0.1, -0.05) is 0 Å². The highest BCUT2D eigenvalue weighted by Crippen LogP contribution is 2.26. The summed E-state index contributed by atoms with van der Waals surface area (Å²) in [5.74, 6) is 0.973. The molecule has 0 aliphatic heterocycles. The van der Waals surface area contributed by atoms with Gasteiger partial charge in [-0.15, -0.1) is 11.6 Å². The molecule has 4 N–H and O–H groups in total. The van der Waals surface area contributed by atoms with E-state index in [4.69, 9.17) is 23.1 Å². The van der Waals surface area contributed by atoms with Gasteiger partial charge in [-0.2, -0.15) is 0 Å². The number of allylic oxidation sites excluding steroid dienone is 1. The number of aryl methyl sites for hydroxylation is 1. The van der Waals surface area contributed by atoms with Crippen LogP contribution in [0.3, 0.4) is 0 Å². The van der Waals surface area contributed by atoms with Crippen LogP contribution in [0.5, 0.6) is 0 Å². The quantitative estimate of drug-likeness (QED) is 0.802. The van der Waals surface area contributed by atoms with Crippen LogP contribution >= 0.6 is 27.5 Å². The van der Waals surface area contributed by atoms with Crippen molar-refractivity contribution < 1.29 is 0 Å². The molecule has 1 rings (SSSR count). The summed E-state index contributed by atoms with van der Waals surface area (Å²) in [7, 11) is 1.87. The molecule has 0 bridgehead atoms. The van der Waals surface area contributed by atoms with Crippen LogP contribution in [0.2, 0.25) is 0 Å². The van der Waals surface area contributed by atoms with E-state index in [2.05, 4.69) is 15.9 Å². The number of nitrogens with zero attached hydrogens (tertiary/aromatic N) is 1. The summed E-state index contributed by atoms with van der Waals surface area (Å²) in [6.07, 6.45) is 3.65. The van der Waals surface area contributed by atoms with Gasteiger partial charge in [0.1, 0.15) is 5.82 Å². The molecule has 5 heteroatoms. The maximum Gasteiger partial charge on any atom is 0.111 e. The van der Waals surface area contributed by atoms with Crippen LogP contribution < -0.4 is 11.5 Å². The van der Waals surface area contributed by atoms with Crippen LogP contribution in [0, 0.1) is 0 Å². The number of anilines is 1. The van der Waals surface area contributed by atoms with Gasteiger partial charge in [-0.25, -0.2) is 0 Å². The van der Waals surface area contributed by atoms with Crippen LogP contribution in [0.25, 0.3) is 6.08 Å². The van der Waals surface area contributed by atoms with Crippen molar-refractivity contribution in [3.63, 3.8) is 0 Å². The number of halogens is 2. The Morgan fingerprint density at radius 2 is 2.38 bits per heavy atom. The van der Waals surface area contributed by atoms with Gasteiger partial charge in [0, 0.05) is 29.0 Å². The van der Waals surface area contributed by atoms with E-state index in [0.29, 0.717) is 17.4 Å². The molecule has 13 heavy (non-hydrogen) atoms. The Labute approximate surface area is 90.5 Å². The second-order valence-electron chi connectivity index (χ2n) is 2.74. The number of hydrogen-bond acceptors (Lipinski definition) is 2. The van der Waals surface area contributed by atoms with Crippen molar-refractivity contribution in [1.82, 2.24) is 4.57 Å². The average molecular weight is 265 g/mol. The Hall–Kier alpha value is -0.610. The van der Waals surface area contributed by atoms with Crippen LogP contribution in [-0.4, -0.2) is 10.4 Å². The summed E-state index contributed by atoms with van der Waals surface area (Å²) in [5.41, 5.74) is 12.9. The lowest BCUT2D eigenvalue weighted by atomic mass is 10.2. The van der Waals surface area contributed by atoms with Crippen LogP contribution in [-0.2, 0) is 7.05 Å². The van der Waals surface area contributed by atoms with E-state index in [-0.39, 0.29) is 0 Å². The number of nitrogens with two attached hydrogens (primary N) is 2. The first kappa shape index (κ1) is 10.5. The number of aromatic nitrogens is 1. The van der Waals surface area contributed by atoms with Crippen LogP contribution in [0.15, 0.2) is 16.4 Å². The Kier molecular flexibility index (Phi) is 3.27. The molecule has 1 aromatic heterocycles. The Bertz CT molecular complexity index is 343. The van der Waals surface area contributed by atoms with Crippen molar-refractivity contribution in [3.05, 3.63) is 21.9 Å². The first-order valence-electron chi connectivity index (χ1n) is 3.68. The summed E-state index contributed by atoms with van der Waals surface area (Å²) in [6, 6.07) is 0. The molecule has 0 aromatic carbocycles. The molecule has 0 radical (unpaired) electrons. The predicted molar refractivity (Wildman–Crippen MR) is 60.4 cm³/mol. The van der Waals surface area contributed by atoms with E-state index in [9.17, 15) is 0 Å². The summed E-state index contributed by atoms with van der Waals surface area (Å²) in [5, 5.41) is 0. The second kappa shape index (κ2) is 4.07. The molecule has 3 nitrogen and oxygen atoms in total. The van der Waals surface area contributed by atoms with Gasteiger partial charge in [0.25, 0.3) is 0 Å². The summed E-state index contributed by atoms with van der Waals surface area (Å²) < 4.78 is 2.73. The minimum atomic E-state index is 0.306. The summed E-state index contributed by atoms with van der Waals surface area (Å²) in [6.45, 7) is 0. The maximum atomic E-state index is 5.80. The minimum Gasteiger partial charge on any atom is -0.401 e. The third-order valence-corrected chi connectivity index (χ3v) is 2.64. The highest BCUT2D eigenvalue weighted by Gasteiger charge is 2.06. The van der Waals surface area contributed by atoms with E-state index >= 15 is 0 Å². The zero-order valence-corrected chi connectivity index (χ0v) is 9.56. The van der Waals surface area contributed by atoms with Crippen molar-refractivity contribution in [3.8, 4) is 0 Å². The number of nitrogen functional groups attached to an aromatic ring is 1. The summed E-state index contributed by atoms with van der Waals surface area (Å²) >= 11 is 8.94. The topological polar surface area (TPSA) is 57.0 Å². The highest BCUT2D eigenvalue weighted by atomic mass is 79.9. The second-order valence-corrected chi connectivity index (χ2v) is 3.86. The van der Waals surface area contributed by atoms with Crippen molar-refractivity contribution >= 4 is 39.4 Å². The molecule has 0 aliphatic carbocycles. The lowest BCUT2D eigenvalue weighted by Gasteiger charge is -1.98. The number of hydrogen-bond donors (Lipinski definition) is 2. The lowest BCUT2D eigenvalue weighted by Crippen LogP contribution is -2.00. The van der Waals surface area contributed by atoms with Crippen molar-refractivity contribution in [2.24, 2.45) is 12.8 Å². The van der Waals surface area contributed by atoms with E-state index < -0.39 is 0 Å². The molecule has 0 saturated heterocycles. The first-order chi connectivity index (χ1) is 6.06. The molecule has 0 amide bonds. The van der Waals surface area contributed by atoms with E-state index in [0.717, 1.165) is 10.0 Å². The average Bonchev–Trinajstić information content (AvgIpc) is 2.32. The summed E-state index contributed by atoms with van der Waals surface area (Å²) in [4.78, 5) is 0. The molecule has 0 aliphatic rings. The fourth-order valence-electron chi connectivity index (χ4n) is 0.988. The zero-order valence-electron chi connectivity index (χ0n) is 7.22. The van der Waals surface area contributed by atoms with Gasteiger partial charge >= 0.3 is 0 Å². The van der Waals surface area contributed by atoms with E-state index in [1.165, 1.54) is 0 Å². The lowest BCUT2D eigenvalue weighted by molar-refractivity contribution is 0.939. The molecular weight excluding hydrogens is 253 g/mol. The van der Waals surface area contributed by atoms with Crippen molar-refractivity contribution in [1.29, 1.82) is 0 Å². The molecule has 0 saturated carbocycles. The predicted octanol–water partition coefficient (Wildman–Crippen LogP) is 1.91. The fraction of sp³-hybridized carbons (Fsp3) is 0.250. The molecule has 0 spiro atoms. The molecule has 1 aromatic rings. The normalized spacial score (nSPS) is 12.1. The molecule has 72 valence electrons. The van der Waals surface area contributed by atoms with Crippen molar-refractivity contribution in [2.75, 3.05) is 11.6 Å². The third kappa shape index (κ3) is 2.19. The van der Waals surface area contributed by atoms with Crippen molar-refractivity contribution in [2.45, 2.75) is 0 Å². The molecule has 0 unspecified atom stereocenters. The number of rotatable bonds is 2. The van der Waals surface area contributed by atoms with Gasteiger partial charge in [-0.05, 0) is 22.0 Å². The largest absolute Gasteiger partial charge is 0.401 e. The maximum absolute atomic E-state index is 5.80. The van der Waals surface area contributed by atoms with Gasteiger partial charge in [0.15, 0.2) is 0 Å². The molecule has 0 fully saturated rings. The van der Waals surface area contributed by atoms with Crippen LogP contribution in [0.1, 0.15) is 5.56 Å². The van der Waals surface area contributed by atoms with Gasteiger partial charge in [0.05, 0.1) is 5.88 Å². The smallest absolute Gasteiger partial charge is 0.111 e. The first-order valence-corrected chi connectivity index (χ1v) is 5.01. The van der Waals surface area contributed by atoms with E-state index in [1.54, 1.807) is 6.08 Å². The van der Waals surface area contributed by atoms with Gasteiger partial charge in [0.2, 0.25) is 0 Å². The Morgan fingerprint density at radius 3 is 2.77 bits per heavy atom. The minimum absolute atomic E-state index is 0.306. The van der Waals surface area contributed by atoms with Gasteiger partial charge in [-0.3, -0.25) is 0 Å². The SMILES string of the molecule is Cn1cc(Br)c(/C=C(\N)CCl)c1N. The Morgan fingerprint density at radius 1 is 1.77 bits per heavy atom. The molecular formula is C8H11BrClN3. The Balaban J connectivity index is 3.14. The number of alkyl halides is 1.